The van der Waals surface area contributed by atoms with Crippen LogP contribution in [0.2, 0.25) is 0 Å². The third-order valence-corrected chi connectivity index (χ3v) is 4.54. The summed E-state index contributed by atoms with van der Waals surface area (Å²) in [6.45, 7) is 6.75. The molecule has 2 aromatic rings. The molecule has 4 heteroatoms. The van der Waals surface area contributed by atoms with E-state index in [4.69, 9.17) is 4.74 Å². The molecule has 0 bridgehead atoms. The first-order valence-corrected chi connectivity index (χ1v) is 8.57. The Balaban J connectivity index is 2.10. The Kier molecular flexibility index (Phi) is 4.74. The molecule has 3 rings (SSSR count). The molecular weight excluding hydrogens is 300 g/mol. The number of rotatable bonds is 5. The summed E-state index contributed by atoms with van der Waals surface area (Å²) in [5.74, 6) is 0.882. The fourth-order valence-electron chi connectivity index (χ4n) is 3.14. The Morgan fingerprint density at radius 1 is 1.12 bits per heavy atom. The summed E-state index contributed by atoms with van der Waals surface area (Å²) in [5.41, 5.74) is 2.59. The molecule has 2 atom stereocenters. The number of benzene rings is 2. The Morgan fingerprint density at radius 2 is 1.83 bits per heavy atom. The predicted molar refractivity (Wildman–Crippen MR) is 96.3 cm³/mol. The van der Waals surface area contributed by atoms with Gasteiger partial charge in [-0.3, -0.25) is 4.79 Å². The minimum atomic E-state index is -0.231. The number of carbonyl (C=O) groups excluding carboxylic acids is 1. The highest BCUT2D eigenvalue weighted by Crippen LogP contribution is 2.38. The number of ether oxygens (including phenoxy) is 1. The lowest BCUT2D eigenvalue weighted by Crippen LogP contribution is -2.47. The second kappa shape index (κ2) is 6.95. The molecule has 1 aliphatic heterocycles. The highest BCUT2D eigenvalue weighted by molar-refractivity contribution is 6.02. The molecule has 2 aromatic carbocycles. The van der Waals surface area contributed by atoms with Crippen molar-refractivity contribution in [2.24, 2.45) is 0 Å². The molecule has 1 aliphatic rings. The normalized spacial score (nSPS) is 17.9. The smallest absolute Gasteiger partial charge is 0.258 e. The van der Waals surface area contributed by atoms with Crippen LogP contribution in [0.3, 0.4) is 0 Å². The maximum absolute atomic E-state index is 13.1. The van der Waals surface area contributed by atoms with Gasteiger partial charge in [-0.05, 0) is 38.5 Å². The van der Waals surface area contributed by atoms with Gasteiger partial charge in [0.2, 0.25) is 0 Å². The van der Waals surface area contributed by atoms with Gasteiger partial charge < -0.3 is 15.0 Å². The fourth-order valence-corrected chi connectivity index (χ4v) is 3.14. The maximum Gasteiger partial charge on any atom is 0.258 e. The Labute approximate surface area is 143 Å². The molecule has 4 nitrogen and oxygen atoms in total. The first-order chi connectivity index (χ1) is 11.7. The van der Waals surface area contributed by atoms with E-state index in [1.165, 1.54) is 0 Å². The summed E-state index contributed by atoms with van der Waals surface area (Å²) in [7, 11) is 0. The number of hydrogen-bond acceptors (Lipinski definition) is 3. The molecular formula is C20H24N2O2. The number of amides is 1. The van der Waals surface area contributed by atoms with Crippen molar-refractivity contribution < 1.29 is 9.53 Å². The van der Waals surface area contributed by atoms with Gasteiger partial charge in [0.05, 0.1) is 12.2 Å². The van der Waals surface area contributed by atoms with Crippen molar-refractivity contribution >= 4 is 11.6 Å². The van der Waals surface area contributed by atoms with Crippen LogP contribution in [0.5, 0.6) is 5.75 Å². The largest absolute Gasteiger partial charge is 0.493 e. The summed E-state index contributed by atoms with van der Waals surface area (Å²) < 4.78 is 5.80. The van der Waals surface area contributed by atoms with Crippen LogP contribution < -0.4 is 10.1 Å². The monoisotopic (exact) mass is 324 g/mol. The van der Waals surface area contributed by atoms with Gasteiger partial charge in [0, 0.05) is 17.3 Å². The van der Waals surface area contributed by atoms with E-state index in [9.17, 15) is 4.79 Å². The molecule has 0 radical (unpaired) electrons. The number of para-hydroxylation sites is 2. The lowest BCUT2D eigenvalue weighted by atomic mass is 10.0. The van der Waals surface area contributed by atoms with E-state index in [2.05, 4.69) is 19.2 Å². The molecule has 1 N–H and O–H groups in total. The van der Waals surface area contributed by atoms with Crippen molar-refractivity contribution in [3.8, 4) is 5.75 Å². The molecule has 126 valence electrons. The third kappa shape index (κ3) is 2.84. The zero-order chi connectivity index (χ0) is 17.1. The van der Waals surface area contributed by atoms with Crippen molar-refractivity contribution in [1.82, 2.24) is 4.90 Å². The summed E-state index contributed by atoms with van der Waals surface area (Å²) in [5, 5.41) is 3.53. The van der Waals surface area contributed by atoms with E-state index in [1.807, 2.05) is 60.4 Å². The topological polar surface area (TPSA) is 41.6 Å². The predicted octanol–water partition coefficient (Wildman–Crippen LogP) is 4.45. The first-order valence-electron chi connectivity index (χ1n) is 8.57. The van der Waals surface area contributed by atoms with Crippen LogP contribution in [0.1, 0.15) is 49.3 Å². The van der Waals surface area contributed by atoms with E-state index < -0.39 is 0 Å². The molecule has 1 amide bonds. The van der Waals surface area contributed by atoms with Crippen LogP contribution in [0.25, 0.3) is 0 Å². The minimum Gasteiger partial charge on any atom is -0.493 e. The Hall–Kier alpha value is -2.49. The van der Waals surface area contributed by atoms with E-state index in [0.717, 1.165) is 29.0 Å². The molecule has 0 saturated carbocycles. The summed E-state index contributed by atoms with van der Waals surface area (Å²) in [6.07, 6.45) is 0.660. The van der Waals surface area contributed by atoms with Gasteiger partial charge in [0.25, 0.3) is 5.91 Å². The second-order valence-corrected chi connectivity index (χ2v) is 6.03. The van der Waals surface area contributed by atoms with Crippen molar-refractivity contribution in [3.05, 3.63) is 59.7 Å². The van der Waals surface area contributed by atoms with Gasteiger partial charge in [-0.2, -0.15) is 0 Å². The van der Waals surface area contributed by atoms with E-state index in [1.54, 1.807) is 0 Å². The standard InChI is InChI=1S/C20H24N2O2/c1-4-14(3)22-19(16-11-7-9-13-18(16)24-5-2)21-17-12-8-6-10-15(17)20(22)23/h6-14,19,21H,4-5H2,1-3H3/t14-,19-/m0/s1. The zero-order valence-corrected chi connectivity index (χ0v) is 14.5. The Morgan fingerprint density at radius 3 is 2.58 bits per heavy atom. The lowest BCUT2D eigenvalue weighted by Gasteiger charge is -2.41. The van der Waals surface area contributed by atoms with E-state index in [-0.39, 0.29) is 18.1 Å². The molecule has 24 heavy (non-hydrogen) atoms. The van der Waals surface area contributed by atoms with Crippen molar-refractivity contribution in [1.29, 1.82) is 0 Å². The van der Waals surface area contributed by atoms with Crippen LogP contribution >= 0.6 is 0 Å². The van der Waals surface area contributed by atoms with Crippen molar-refractivity contribution in [2.45, 2.75) is 39.4 Å². The van der Waals surface area contributed by atoms with Crippen LogP contribution in [0, 0.1) is 0 Å². The lowest BCUT2D eigenvalue weighted by molar-refractivity contribution is 0.0590. The van der Waals surface area contributed by atoms with Crippen molar-refractivity contribution in [3.63, 3.8) is 0 Å². The molecule has 0 aromatic heterocycles. The third-order valence-electron chi connectivity index (χ3n) is 4.54. The number of nitrogens with one attached hydrogen (secondary N) is 1. The van der Waals surface area contributed by atoms with Crippen molar-refractivity contribution in [2.75, 3.05) is 11.9 Å². The highest BCUT2D eigenvalue weighted by Gasteiger charge is 2.36. The minimum absolute atomic E-state index is 0.0648. The second-order valence-electron chi connectivity index (χ2n) is 6.03. The van der Waals surface area contributed by atoms with Crippen LogP contribution in [-0.4, -0.2) is 23.5 Å². The quantitative estimate of drug-likeness (QED) is 0.883. The average molecular weight is 324 g/mol. The summed E-state index contributed by atoms with van der Waals surface area (Å²) >= 11 is 0. The SMILES string of the molecule is CCOc1ccccc1[C@H]1Nc2ccccc2C(=O)N1[C@@H](C)CC. The van der Waals surface area contributed by atoms with Gasteiger partial charge in [-0.1, -0.05) is 37.3 Å². The molecule has 0 aliphatic carbocycles. The highest BCUT2D eigenvalue weighted by atomic mass is 16.5. The van der Waals surface area contributed by atoms with Crippen LogP contribution in [-0.2, 0) is 0 Å². The van der Waals surface area contributed by atoms with Gasteiger partial charge in [0.1, 0.15) is 11.9 Å². The maximum atomic E-state index is 13.1. The van der Waals surface area contributed by atoms with Gasteiger partial charge in [-0.25, -0.2) is 0 Å². The van der Waals surface area contributed by atoms with Crippen LogP contribution in [0.15, 0.2) is 48.5 Å². The van der Waals surface area contributed by atoms with E-state index in [0.29, 0.717) is 6.61 Å². The van der Waals surface area contributed by atoms with Gasteiger partial charge in [0.15, 0.2) is 0 Å². The number of carbonyl (C=O) groups is 1. The van der Waals surface area contributed by atoms with Gasteiger partial charge in [-0.15, -0.1) is 0 Å². The molecule has 1 heterocycles. The number of hydrogen-bond donors (Lipinski definition) is 1. The number of fused-ring (bicyclic) bond motifs is 1. The fraction of sp³-hybridized carbons (Fsp3) is 0.350. The average Bonchev–Trinajstić information content (AvgIpc) is 2.62. The molecule has 0 saturated heterocycles. The molecule has 0 fully saturated rings. The molecule has 0 spiro atoms. The van der Waals surface area contributed by atoms with E-state index >= 15 is 0 Å². The van der Waals surface area contributed by atoms with Crippen LogP contribution in [0.4, 0.5) is 5.69 Å². The first kappa shape index (κ1) is 16.4. The number of nitrogens with zero attached hydrogens (tertiary/aromatic N) is 1. The molecule has 0 unspecified atom stereocenters. The zero-order valence-electron chi connectivity index (χ0n) is 14.5. The summed E-state index contributed by atoms with van der Waals surface area (Å²) in [4.78, 5) is 15.0. The van der Waals surface area contributed by atoms with Gasteiger partial charge >= 0.3 is 0 Å². The number of anilines is 1. The Bertz CT molecular complexity index is 729. The summed E-state index contributed by atoms with van der Waals surface area (Å²) in [6, 6.07) is 15.7.